The third kappa shape index (κ3) is 4.35. The van der Waals surface area contributed by atoms with E-state index in [4.69, 9.17) is 15.2 Å². The van der Waals surface area contributed by atoms with Gasteiger partial charge < -0.3 is 15.2 Å². The van der Waals surface area contributed by atoms with Crippen molar-refractivity contribution in [1.29, 1.82) is 0 Å². The van der Waals surface area contributed by atoms with Gasteiger partial charge in [0.15, 0.2) is 9.84 Å². The van der Waals surface area contributed by atoms with Gasteiger partial charge in [-0.2, -0.15) is 0 Å². The Kier molecular flexibility index (Phi) is 4.72. The fourth-order valence-corrected chi connectivity index (χ4v) is 2.75. The molecule has 1 heterocycles. The highest BCUT2D eigenvalue weighted by Crippen LogP contribution is 2.20. The van der Waals surface area contributed by atoms with Gasteiger partial charge in [-0.25, -0.2) is 13.4 Å². The lowest BCUT2D eigenvalue weighted by molar-refractivity contribution is 0.168. The van der Waals surface area contributed by atoms with Gasteiger partial charge in [-0.3, -0.25) is 0 Å². The Morgan fingerprint density at radius 2 is 2.10 bits per heavy atom. The molecule has 0 amide bonds. The van der Waals surface area contributed by atoms with Crippen LogP contribution in [0.2, 0.25) is 0 Å². The number of nitrogens with zero attached hydrogens (tertiary/aromatic N) is 1. The van der Waals surface area contributed by atoms with E-state index in [1.165, 1.54) is 6.26 Å². The molecule has 1 aliphatic rings. The van der Waals surface area contributed by atoms with Crippen molar-refractivity contribution < 1.29 is 17.9 Å². The minimum Gasteiger partial charge on any atom is -0.490 e. The van der Waals surface area contributed by atoms with E-state index in [2.05, 4.69) is 4.99 Å². The fourth-order valence-electron chi connectivity index (χ4n) is 2.12. The van der Waals surface area contributed by atoms with E-state index in [-0.39, 0.29) is 23.1 Å². The average Bonchev–Trinajstić information content (AvgIpc) is 2.83. The summed E-state index contributed by atoms with van der Waals surface area (Å²) in [5, 5.41) is 0. The molecule has 0 bridgehead atoms. The summed E-state index contributed by atoms with van der Waals surface area (Å²) in [6, 6.07) is 6.68. The first-order valence-electron chi connectivity index (χ1n) is 6.81. The molecule has 0 saturated carbocycles. The van der Waals surface area contributed by atoms with E-state index < -0.39 is 9.84 Å². The maximum Gasteiger partial charge on any atom is 0.282 e. The molecule has 0 unspecified atom stereocenters. The highest BCUT2D eigenvalue weighted by Gasteiger charge is 2.22. The van der Waals surface area contributed by atoms with Crippen molar-refractivity contribution >= 4 is 15.9 Å². The molecule has 1 aromatic rings. The lowest BCUT2D eigenvalue weighted by Crippen LogP contribution is -2.22. The molecule has 0 radical (unpaired) electrons. The van der Waals surface area contributed by atoms with Gasteiger partial charge in [0.2, 0.25) is 0 Å². The van der Waals surface area contributed by atoms with Gasteiger partial charge in [0.05, 0.1) is 10.9 Å². The molecule has 2 atom stereocenters. The summed E-state index contributed by atoms with van der Waals surface area (Å²) in [6.07, 6.45) is 2.70. The highest BCUT2D eigenvalue weighted by atomic mass is 32.2. The quantitative estimate of drug-likeness (QED) is 0.856. The number of aliphatic imine (C=N–C) groups is 1. The van der Waals surface area contributed by atoms with E-state index in [1.807, 2.05) is 6.92 Å². The second-order valence-corrected chi connectivity index (χ2v) is 7.08. The van der Waals surface area contributed by atoms with Crippen LogP contribution in [0.4, 0.5) is 0 Å². The first-order valence-corrected chi connectivity index (χ1v) is 8.70. The average molecular weight is 312 g/mol. The van der Waals surface area contributed by atoms with E-state index in [9.17, 15) is 8.42 Å². The summed E-state index contributed by atoms with van der Waals surface area (Å²) in [6.45, 7) is 2.51. The van der Waals surface area contributed by atoms with E-state index >= 15 is 0 Å². The number of sulfone groups is 1. The van der Waals surface area contributed by atoms with Gasteiger partial charge in [0.1, 0.15) is 18.5 Å². The molecular formula is C14H20N2O4S. The van der Waals surface area contributed by atoms with Crippen LogP contribution in [0.1, 0.15) is 19.8 Å². The zero-order chi connectivity index (χ0) is 15.5. The molecular weight excluding hydrogens is 292 g/mol. The summed E-state index contributed by atoms with van der Waals surface area (Å²) in [5.41, 5.74) is 5.48. The third-order valence-corrected chi connectivity index (χ3v) is 4.41. The number of hydrogen-bond donors (Lipinski definition) is 1. The van der Waals surface area contributed by atoms with E-state index in [0.717, 1.165) is 6.42 Å². The van der Waals surface area contributed by atoms with Crippen LogP contribution < -0.4 is 10.5 Å². The Morgan fingerprint density at radius 3 is 2.57 bits per heavy atom. The number of rotatable bonds is 6. The summed E-state index contributed by atoms with van der Waals surface area (Å²) in [7, 11) is -3.18. The zero-order valence-corrected chi connectivity index (χ0v) is 13.0. The van der Waals surface area contributed by atoms with Gasteiger partial charge >= 0.3 is 0 Å². The van der Waals surface area contributed by atoms with Crippen molar-refractivity contribution in [2.45, 2.75) is 36.8 Å². The van der Waals surface area contributed by atoms with Crippen molar-refractivity contribution in [3.8, 4) is 5.75 Å². The van der Waals surface area contributed by atoms with Crippen LogP contribution in [0, 0.1) is 0 Å². The second kappa shape index (κ2) is 6.34. The van der Waals surface area contributed by atoms with Gasteiger partial charge in [-0.05, 0) is 30.7 Å². The van der Waals surface area contributed by atoms with Crippen molar-refractivity contribution in [1.82, 2.24) is 0 Å². The third-order valence-electron chi connectivity index (χ3n) is 3.28. The van der Waals surface area contributed by atoms with Gasteiger partial charge in [-0.1, -0.05) is 6.92 Å². The standard InChI is InChI=1S/C14H20N2O4S/c1-3-11(8-10-9-19-14(15)16-10)20-12-4-6-13(7-5-12)21(2,17)18/h4-7,10-11H,3,8-9H2,1-2H3,(H2,15,16)/t10-,11-/m0/s1. The largest absolute Gasteiger partial charge is 0.490 e. The number of benzene rings is 1. The minimum absolute atomic E-state index is 0.0164. The van der Waals surface area contributed by atoms with Gasteiger partial charge in [0, 0.05) is 12.7 Å². The molecule has 0 fully saturated rings. The molecule has 116 valence electrons. The molecule has 0 saturated heterocycles. The summed E-state index contributed by atoms with van der Waals surface area (Å²) in [4.78, 5) is 4.46. The summed E-state index contributed by atoms with van der Waals surface area (Å²) < 4.78 is 33.8. The van der Waals surface area contributed by atoms with Crippen molar-refractivity contribution in [3.05, 3.63) is 24.3 Å². The number of nitrogens with two attached hydrogens (primary N) is 1. The first-order chi connectivity index (χ1) is 9.88. The topological polar surface area (TPSA) is 91.0 Å². The molecule has 7 heteroatoms. The van der Waals surface area contributed by atoms with Crippen LogP contribution >= 0.6 is 0 Å². The fraction of sp³-hybridized carbons (Fsp3) is 0.500. The molecule has 1 aliphatic heterocycles. The predicted octanol–water partition coefficient (Wildman–Crippen LogP) is 1.35. The normalized spacial score (nSPS) is 19.7. The number of hydrogen-bond acceptors (Lipinski definition) is 6. The molecule has 0 aliphatic carbocycles. The van der Waals surface area contributed by atoms with Crippen LogP contribution in [0.3, 0.4) is 0 Å². The summed E-state index contributed by atoms with van der Waals surface area (Å²) in [5.74, 6) is 0.644. The smallest absolute Gasteiger partial charge is 0.282 e. The predicted molar refractivity (Wildman–Crippen MR) is 80.2 cm³/mol. The number of ether oxygens (including phenoxy) is 2. The van der Waals surface area contributed by atoms with Crippen molar-refractivity contribution in [2.75, 3.05) is 12.9 Å². The van der Waals surface area contributed by atoms with Crippen LogP contribution in [0.15, 0.2) is 34.2 Å². The van der Waals surface area contributed by atoms with E-state index in [0.29, 0.717) is 18.8 Å². The Bertz CT molecular complexity index is 610. The van der Waals surface area contributed by atoms with Crippen LogP contribution in [0.25, 0.3) is 0 Å². The summed E-state index contributed by atoms with van der Waals surface area (Å²) >= 11 is 0. The monoisotopic (exact) mass is 312 g/mol. The molecule has 2 rings (SSSR count). The Balaban J connectivity index is 1.98. The maximum absolute atomic E-state index is 11.4. The number of amidine groups is 1. The highest BCUT2D eigenvalue weighted by molar-refractivity contribution is 7.90. The Morgan fingerprint density at radius 1 is 1.43 bits per heavy atom. The lowest BCUT2D eigenvalue weighted by atomic mass is 10.1. The van der Waals surface area contributed by atoms with Gasteiger partial charge in [-0.15, -0.1) is 0 Å². The Labute approximate surface area is 124 Å². The van der Waals surface area contributed by atoms with Crippen LogP contribution in [0.5, 0.6) is 5.75 Å². The molecule has 6 nitrogen and oxygen atoms in total. The maximum atomic E-state index is 11.4. The molecule has 2 N–H and O–H groups in total. The molecule has 21 heavy (non-hydrogen) atoms. The molecule has 0 spiro atoms. The van der Waals surface area contributed by atoms with Crippen molar-refractivity contribution in [2.24, 2.45) is 10.7 Å². The van der Waals surface area contributed by atoms with Crippen molar-refractivity contribution in [3.63, 3.8) is 0 Å². The van der Waals surface area contributed by atoms with Crippen LogP contribution in [-0.2, 0) is 14.6 Å². The Hall–Kier alpha value is -1.76. The molecule has 1 aromatic carbocycles. The minimum atomic E-state index is -3.18. The van der Waals surface area contributed by atoms with Crippen LogP contribution in [-0.4, -0.2) is 39.4 Å². The second-order valence-electron chi connectivity index (χ2n) is 5.06. The lowest BCUT2D eigenvalue weighted by Gasteiger charge is -2.19. The van der Waals surface area contributed by atoms with E-state index in [1.54, 1.807) is 24.3 Å². The van der Waals surface area contributed by atoms with Gasteiger partial charge in [0.25, 0.3) is 6.02 Å². The molecule has 0 aromatic heterocycles. The first kappa shape index (κ1) is 15.6. The SMILES string of the molecule is CC[C@@H](C[C@H]1COC(N)=N1)Oc1ccc(S(C)(=O)=O)cc1. The zero-order valence-electron chi connectivity index (χ0n) is 12.2.